The summed E-state index contributed by atoms with van der Waals surface area (Å²) in [7, 11) is 5.71. The summed E-state index contributed by atoms with van der Waals surface area (Å²) in [6.45, 7) is 3.25. The van der Waals surface area contributed by atoms with Crippen LogP contribution in [0.15, 0.2) is 42.5 Å². The van der Waals surface area contributed by atoms with E-state index in [2.05, 4.69) is 24.1 Å². The second kappa shape index (κ2) is 10.2. The molecular formula is C27H35FN2O3. The predicted molar refractivity (Wildman–Crippen MR) is 128 cm³/mol. The smallest absolute Gasteiger partial charge is 0.229 e. The van der Waals surface area contributed by atoms with Gasteiger partial charge in [-0.05, 0) is 81.6 Å². The van der Waals surface area contributed by atoms with Crippen LogP contribution in [0.25, 0.3) is 11.1 Å². The number of carbonyl (C=O) groups excluding carboxylic acids is 1. The molecule has 0 aromatic heterocycles. The highest BCUT2D eigenvalue weighted by Crippen LogP contribution is 2.39. The van der Waals surface area contributed by atoms with Crippen molar-refractivity contribution < 1.29 is 18.7 Å². The first-order valence-corrected chi connectivity index (χ1v) is 11.9. The molecule has 2 aliphatic heterocycles. The molecule has 0 unspecified atom stereocenters. The van der Waals surface area contributed by atoms with Crippen LogP contribution in [0.2, 0.25) is 0 Å². The van der Waals surface area contributed by atoms with Gasteiger partial charge in [-0.1, -0.05) is 24.3 Å². The van der Waals surface area contributed by atoms with Gasteiger partial charge in [0.15, 0.2) is 0 Å². The fraction of sp³-hybridized carbons (Fsp3) is 0.519. The average molecular weight is 455 g/mol. The molecule has 6 heteroatoms. The summed E-state index contributed by atoms with van der Waals surface area (Å²) in [6.07, 6.45) is 4.12. The number of rotatable bonds is 6. The Balaban J connectivity index is 1.60. The molecule has 2 fully saturated rings. The Morgan fingerprint density at radius 2 is 1.91 bits per heavy atom. The van der Waals surface area contributed by atoms with Crippen LogP contribution in [0.1, 0.15) is 31.2 Å². The van der Waals surface area contributed by atoms with Crippen LogP contribution in [0.4, 0.5) is 4.39 Å². The number of carbonyl (C=O) groups is 1. The largest absolute Gasteiger partial charge is 0.496 e. The number of halogens is 1. The summed E-state index contributed by atoms with van der Waals surface area (Å²) in [4.78, 5) is 18.2. The first-order chi connectivity index (χ1) is 15.9. The van der Waals surface area contributed by atoms with E-state index in [1.807, 2.05) is 24.1 Å². The summed E-state index contributed by atoms with van der Waals surface area (Å²) in [5, 5.41) is 0. The van der Waals surface area contributed by atoms with Crippen molar-refractivity contribution in [3.8, 4) is 16.9 Å². The molecule has 0 atom stereocenters. The van der Waals surface area contributed by atoms with Crippen LogP contribution in [-0.2, 0) is 16.0 Å². The quantitative estimate of drug-likeness (QED) is 0.649. The molecule has 2 aromatic rings. The van der Waals surface area contributed by atoms with Gasteiger partial charge in [0.2, 0.25) is 5.91 Å². The van der Waals surface area contributed by atoms with E-state index in [1.165, 1.54) is 12.1 Å². The lowest BCUT2D eigenvalue weighted by Gasteiger charge is -2.43. The van der Waals surface area contributed by atoms with E-state index < -0.39 is 5.41 Å². The molecule has 0 bridgehead atoms. The summed E-state index contributed by atoms with van der Waals surface area (Å²) in [5.74, 6) is 0.563. The van der Waals surface area contributed by atoms with Crippen LogP contribution >= 0.6 is 0 Å². The molecule has 0 radical (unpaired) electrons. The highest BCUT2D eigenvalue weighted by molar-refractivity contribution is 5.83. The van der Waals surface area contributed by atoms with Crippen molar-refractivity contribution in [1.82, 2.24) is 9.80 Å². The molecule has 0 aliphatic carbocycles. The minimum atomic E-state index is -0.471. The third-order valence-corrected chi connectivity index (χ3v) is 7.40. The van der Waals surface area contributed by atoms with Gasteiger partial charge in [-0.25, -0.2) is 4.39 Å². The molecule has 0 spiro atoms. The van der Waals surface area contributed by atoms with Crippen molar-refractivity contribution >= 4 is 5.91 Å². The maximum atomic E-state index is 14.0. The number of piperidine rings is 1. The van der Waals surface area contributed by atoms with E-state index in [1.54, 1.807) is 13.2 Å². The van der Waals surface area contributed by atoms with E-state index in [0.29, 0.717) is 25.4 Å². The van der Waals surface area contributed by atoms with Gasteiger partial charge in [0.1, 0.15) is 11.6 Å². The van der Waals surface area contributed by atoms with E-state index in [9.17, 15) is 9.18 Å². The van der Waals surface area contributed by atoms with Gasteiger partial charge in [-0.15, -0.1) is 0 Å². The summed E-state index contributed by atoms with van der Waals surface area (Å²) >= 11 is 0. The number of amides is 1. The molecule has 5 nitrogen and oxygen atoms in total. The van der Waals surface area contributed by atoms with Gasteiger partial charge >= 0.3 is 0 Å². The second-order valence-electron chi connectivity index (χ2n) is 9.56. The SMILES string of the molecule is COc1ccc(F)cc1-c1cccc(CC2(C(=O)N(C)C3CCN(C)CC3)CCOCC2)c1. The van der Waals surface area contributed by atoms with Crippen molar-refractivity contribution in [3.63, 3.8) is 0 Å². The Morgan fingerprint density at radius 1 is 1.18 bits per heavy atom. The number of methoxy groups -OCH3 is 1. The third kappa shape index (κ3) is 5.22. The standard InChI is InChI=1S/C27H35FN2O3/c1-29-13-9-23(10-14-29)30(2)26(31)27(11-15-33-16-12-27)19-20-5-4-6-21(17-20)24-18-22(28)7-8-25(24)32-3/h4-8,17-18,23H,9-16,19H2,1-3H3. The molecule has 178 valence electrons. The number of ether oxygens (including phenoxy) is 2. The number of nitrogens with zero attached hydrogens (tertiary/aromatic N) is 2. The number of likely N-dealkylation sites (tertiary alicyclic amines) is 1. The van der Waals surface area contributed by atoms with Gasteiger partial charge in [-0.3, -0.25) is 4.79 Å². The fourth-order valence-electron chi connectivity index (χ4n) is 5.30. The fourth-order valence-corrected chi connectivity index (χ4v) is 5.30. The zero-order valence-electron chi connectivity index (χ0n) is 20.0. The van der Waals surface area contributed by atoms with Gasteiger partial charge < -0.3 is 19.3 Å². The van der Waals surface area contributed by atoms with E-state index in [4.69, 9.17) is 9.47 Å². The molecule has 2 aromatic carbocycles. The lowest BCUT2D eigenvalue weighted by molar-refractivity contribution is -0.149. The predicted octanol–water partition coefficient (Wildman–Crippen LogP) is 4.39. The van der Waals surface area contributed by atoms with E-state index >= 15 is 0 Å². The van der Waals surface area contributed by atoms with Crippen molar-refractivity contribution in [2.45, 2.75) is 38.1 Å². The van der Waals surface area contributed by atoms with Crippen LogP contribution in [0.3, 0.4) is 0 Å². The zero-order chi connectivity index (χ0) is 23.4. The van der Waals surface area contributed by atoms with Gasteiger partial charge in [0.25, 0.3) is 0 Å². The average Bonchev–Trinajstić information content (AvgIpc) is 2.84. The molecule has 0 saturated carbocycles. The van der Waals surface area contributed by atoms with E-state index in [-0.39, 0.29) is 17.8 Å². The van der Waals surface area contributed by atoms with Gasteiger partial charge in [0.05, 0.1) is 12.5 Å². The minimum Gasteiger partial charge on any atom is -0.496 e. The van der Waals surface area contributed by atoms with E-state index in [0.717, 1.165) is 55.5 Å². The maximum Gasteiger partial charge on any atom is 0.229 e. The number of hydrogen-bond acceptors (Lipinski definition) is 4. The lowest BCUT2D eigenvalue weighted by atomic mass is 9.73. The summed E-state index contributed by atoms with van der Waals surface area (Å²) in [6, 6.07) is 12.9. The molecule has 2 aliphatic rings. The molecule has 2 saturated heterocycles. The molecule has 2 heterocycles. The van der Waals surface area contributed by atoms with Crippen molar-refractivity contribution in [3.05, 3.63) is 53.8 Å². The van der Waals surface area contributed by atoms with Crippen LogP contribution in [0, 0.1) is 11.2 Å². The molecule has 0 N–H and O–H groups in total. The topological polar surface area (TPSA) is 42.0 Å². The van der Waals surface area contributed by atoms with Crippen molar-refractivity contribution in [2.75, 3.05) is 47.5 Å². The number of benzene rings is 2. The molecular weight excluding hydrogens is 419 g/mol. The first-order valence-electron chi connectivity index (χ1n) is 11.9. The zero-order valence-corrected chi connectivity index (χ0v) is 20.0. The second-order valence-corrected chi connectivity index (χ2v) is 9.56. The minimum absolute atomic E-state index is 0.231. The number of hydrogen-bond donors (Lipinski definition) is 0. The lowest BCUT2D eigenvalue weighted by Crippen LogP contribution is -2.52. The Hall–Kier alpha value is -2.44. The summed E-state index contributed by atoms with van der Waals surface area (Å²) < 4.78 is 25.1. The maximum absolute atomic E-state index is 14.0. The molecule has 4 rings (SSSR count). The van der Waals surface area contributed by atoms with Crippen molar-refractivity contribution in [2.24, 2.45) is 5.41 Å². The Kier molecular flexibility index (Phi) is 7.35. The highest BCUT2D eigenvalue weighted by atomic mass is 19.1. The van der Waals surface area contributed by atoms with Crippen molar-refractivity contribution in [1.29, 1.82) is 0 Å². The summed E-state index contributed by atoms with van der Waals surface area (Å²) in [5.41, 5.74) is 2.21. The Morgan fingerprint density at radius 3 is 2.61 bits per heavy atom. The normalized spacial score (nSPS) is 19.3. The van der Waals surface area contributed by atoms with Gasteiger partial charge in [0, 0.05) is 31.9 Å². The Labute approximate surface area is 196 Å². The molecule has 33 heavy (non-hydrogen) atoms. The van der Waals surface area contributed by atoms with Crippen LogP contribution in [0.5, 0.6) is 5.75 Å². The van der Waals surface area contributed by atoms with Gasteiger partial charge in [-0.2, -0.15) is 0 Å². The monoisotopic (exact) mass is 454 g/mol. The van der Waals surface area contributed by atoms with Crippen LogP contribution in [-0.4, -0.2) is 69.3 Å². The molecule has 1 amide bonds. The first kappa shape index (κ1) is 23.7. The third-order valence-electron chi connectivity index (χ3n) is 7.40. The highest BCUT2D eigenvalue weighted by Gasteiger charge is 2.43. The van der Waals surface area contributed by atoms with Crippen LogP contribution < -0.4 is 4.74 Å². The Bertz CT molecular complexity index is 966.